The lowest BCUT2D eigenvalue weighted by Gasteiger charge is -2.15. The van der Waals surface area contributed by atoms with Crippen molar-refractivity contribution >= 4 is 23.1 Å². The number of hydrogen-bond acceptors (Lipinski definition) is 3. The molecule has 0 heterocycles. The van der Waals surface area contributed by atoms with E-state index in [9.17, 15) is 18.0 Å². The number of nitrogens with two attached hydrogens (primary N) is 1. The highest BCUT2D eigenvalue weighted by molar-refractivity contribution is 6.30. The zero-order valence-electron chi connectivity index (χ0n) is 11.8. The molecule has 7 heteroatoms. The van der Waals surface area contributed by atoms with Crippen molar-refractivity contribution < 1.29 is 23.1 Å². The van der Waals surface area contributed by atoms with E-state index in [1.165, 1.54) is 24.3 Å². The van der Waals surface area contributed by atoms with E-state index < -0.39 is 17.5 Å². The van der Waals surface area contributed by atoms with Gasteiger partial charge in [0.2, 0.25) is 0 Å². The van der Waals surface area contributed by atoms with E-state index >= 15 is 0 Å². The summed E-state index contributed by atoms with van der Waals surface area (Å²) in [7, 11) is 0. The van der Waals surface area contributed by atoms with Crippen LogP contribution in [0.15, 0.2) is 36.4 Å². The molecule has 0 fully saturated rings. The van der Waals surface area contributed by atoms with Crippen LogP contribution in [0.4, 0.5) is 18.9 Å². The molecule has 23 heavy (non-hydrogen) atoms. The number of carbonyl (C=O) groups excluding carboxylic acids is 1. The van der Waals surface area contributed by atoms with Gasteiger partial charge in [0.25, 0.3) is 0 Å². The van der Waals surface area contributed by atoms with Crippen molar-refractivity contribution in [1.82, 2.24) is 0 Å². The van der Waals surface area contributed by atoms with Crippen LogP contribution in [0.3, 0.4) is 0 Å². The number of ketones is 1. The van der Waals surface area contributed by atoms with Gasteiger partial charge in [-0.2, -0.15) is 13.2 Å². The number of halogens is 4. The first-order valence-corrected chi connectivity index (χ1v) is 7.02. The molecule has 2 aromatic rings. The van der Waals surface area contributed by atoms with Gasteiger partial charge in [-0.15, -0.1) is 0 Å². The zero-order chi connectivity index (χ0) is 17.2. The highest BCUT2D eigenvalue weighted by Crippen LogP contribution is 2.34. The van der Waals surface area contributed by atoms with Crippen LogP contribution in [0.25, 0.3) is 0 Å². The summed E-state index contributed by atoms with van der Waals surface area (Å²) in [4.78, 5) is 12.5. The minimum atomic E-state index is -4.62. The Hall–Kier alpha value is -2.05. The van der Waals surface area contributed by atoms with Crippen LogP contribution in [0, 0.1) is 0 Å². The van der Waals surface area contributed by atoms with Crippen molar-refractivity contribution in [1.29, 1.82) is 0 Å². The molecule has 0 saturated heterocycles. The maximum atomic E-state index is 13.0. The number of aliphatic hydroxyl groups is 1. The number of nitrogen functional groups attached to an aromatic ring is 1. The monoisotopic (exact) mass is 343 g/mol. The summed E-state index contributed by atoms with van der Waals surface area (Å²) in [6.07, 6.45) is -4.69. The lowest BCUT2D eigenvalue weighted by Crippen LogP contribution is -2.14. The molecule has 0 radical (unpaired) electrons. The third-order valence-corrected chi connectivity index (χ3v) is 3.58. The van der Waals surface area contributed by atoms with Gasteiger partial charge < -0.3 is 10.8 Å². The first-order valence-electron chi connectivity index (χ1n) is 6.64. The van der Waals surface area contributed by atoms with Crippen molar-refractivity contribution in [2.45, 2.75) is 12.6 Å². The van der Waals surface area contributed by atoms with E-state index in [2.05, 4.69) is 0 Å². The van der Waals surface area contributed by atoms with Gasteiger partial charge in [-0.3, -0.25) is 4.79 Å². The van der Waals surface area contributed by atoms with Crippen LogP contribution in [0.5, 0.6) is 0 Å². The maximum Gasteiger partial charge on any atom is 0.416 e. The Kier molecular flexibility index (Phi) is 4.97. The third-order valence-electron chi connectivity index (χ3n) is 3.33. The van der Waals surface area contributed by atoms with Crippen LogP contribution < -0.4 is 5.73 Å². The number of rotatable bonds is 4. The lowest BCUT2D eigenvalue weighted by atomic mass is 9.95. The summed E-state index contributed by atoms with van der Waals surface area (Å²) in [6.45, 7) is -0.375. The highest BCUT2D eigenvalue weighted by atomic mass is 35.5. The molecular formula is C16H13ClF3NO2. The number of alkyl halides is 3. The van der Waals surface area contributed by atoms with Crippen molar-refractivity contribution in [2.24, 2.45) is 0 Å². The second-order valence-corrected chi connectivity index (χ2v) is 5.34. The molecule has 0 bridgehead atoms. The molecule has 0 spiro atoms. The van der Waals surface area contributed by atoms with Crippen LogP contribution in [0.1, 0.15) is 27.0 Å². The van der Waals surface area contributed by atoms with Gasteiger partial charge in [0, 0.05) is 28.4 Å². The molecule has 2 rings (SSSR count). The molecule has 0 aliphatic carbocycles. The average Bonchev–Trinajstić information content (AvgIpc) is 2.48. The predicted octanol–water partition coefficient (Wildman–Crippen LogP) is 3.71. The van der Waals surface area contributed by atoms with Gasteiger partial charge >= 0.3 is 6.18 Å². The van der Waals surface area contributed by atoms with E-state index in [4.69, 9.17) is 22.4 Å². The predicted molar refractivity (Wildman–Crippen MR) is 81.5 cm³/mol. The van der Waals surface area contributed by atoms with Crippen molar-refractivity contribution in [2.75, 3.05) is 12.3 Å². The lowest BCUT2D eigenvalue weighted by molar-refractivity contribution is -0.137. The summed E-state index contributed by atoms with van der Waals surface area (Å²) >= 11 is 5.73. The molecule has 0 atom stereocenters. The molecule has 0 amide bonds. The Balaban J connectivity index is 2.57. The minimum Gasteiger partial charge on any atom is -0.398 e. The summed E-state index contributed by atoms with van der Waals surface area (Å²) in [5, 5.41) is 9.38. The van der Waals surface area contributed by atoms with Crippen LogP contribution >= 0.6 is 11.6 Å². The smallest absolute Gasteiger partial charge is 0.398 e. The number of aliphatic hydroxyl groups excluding tert-OH is 1. The van der Waals surface area contributed by atoms with Crippen molar-refractivity contribution in [3.8, 4) is 0 Å². The zero-order valence-corrected chi connectivity index (χ0v) is 12.6. The number of anilines is 1. The van der Waals surface area contributed by atoms with Gasteiger partial charge in [-0.25, -0.2) is 0 Å². The summed E-state index contributed by atoms with van der Waals surface area (Å²) in [6, 6.07) is 7.34. The van der Waals surface area contributed by atoms with Gasteiger partial charge in [0.15, 0.2) is 5.78 Å². The molecule has 3 nitrogen and oxygen atoms in total. The standard InChI is InChI=1S/C16H13ClF3NO2/c17-12-3-1-9(2-4-12)15(23)13-8-11(16(18,19)20)7-10(5-6-22)14(13)21/h1-4,7-8,22H,5-6,21H2. The minimum absolute atomic E-state index is 0.0630. The van der Waals surface area contributed by atoms with E-state index in [0.29, 0.717) is 5.02 Å². The van der Waals surface area contributed by atoms with Crippen LogP contribution in [-0.2, 0) is 12.6 Å². The highest BCUT2D eigenvalue weighted by Gasteiger charge is 2.32. The second-order valence-electron chi connectivity index (χ2n) is 4.90. The van der Waals surface area contributed by atoms with Crippen LogP contribution in [-0.4, -0.2) is 17.5 Å². The number of carbonyl (C=O) groups is 1. The fourth-order valence-electron chi connectivity index (χ4n) is 2.15. The second kappa shape index (κ2) is 6.60. The fraction of sp³-hybridized carbons (Fsp3) is 0.188. The Morgan fingerprint density at radius 2 is 1.78 bits per heavy atom. The number of benzene rings is 2. The third kappa shape index (κ3) is 3.83. The topological polar surface area (TPSA) is 63.3 Å². The Bertz CT molecular complexity index is 727. The maximum absolute atomic E-state index is 13.0. The fourth-order valence-corrected chi connectivity index (χ4v) is 2.27. The summed E-state index contributed by atoms with van der Waals surface area (Å²) < 4.78 is 39.0. The molecule has 3 N–H and O–H groups in total. The first kappa shape index (κ1) is 17.3. The first-order chi connectivity index (χ1) is 10.7. The van der Waals surface area contributed by atoms with E-state index in [1.807, 2.05) is 0 Å². The summed E-state index contributed by atoms with van der Waals surface area (Å²) in [5.41, 5.74) is 4.80. The van der Waals surface area contributed by atoms with Gasteiger partial charge in [0.05, 0.1) is 5.56 Å². The van der Waals surface area contributed by atoms with Gasteiger partial charge in [-0.1, -0.05) is 11.6 Å². The van der Waals surface area contributed by atoms with E-state index in [1.54, 1.807) is 0 Å². The van der Waals surface area contributed by atoms with Crippen LogP contribution in [0.2, 0.25) is 5.02 Å². The molecule has 0 unspecified atom stereocenters. The molecule has 2 aromatic carbocycles. The molecule has 0 aromatic heterocycles. The van der Waals surface area contributed by atoms with Crippen molar-refractivity contribution in [3.05, 3.63) is 63.7 Å². The molecule has 0 saturated carbocycles. The average molecular weight is 344 g/mol. The summed E-state index contributed by atoms with van der Waals surface area (Å²) in [5.74, 6) is -0.635. The molecule has 122 valence electrons. The molecule has 0 aliphatic heterocycles. The molecular weight excluding hydrogens is 331 g/mol. The van der Waals surface area contributed by atoms with Gasteiger partial charge in [0.1, 0.15) is 0 Å². The quantitative estimate of drug-likeness (QED) is 0.657. The van der Waals surface area contributed by atoms with E-state index in [-0.39, 0.29) is 35.4 Å². The normalized spacial score (nSPS) is 11.5. The van der Waals surface area contributed by atoms with E-state index in [0.717, 1.165) is 12.1 Å². The molecule has 0 aliphatic rings. The number of hydrogen-bond donors (Lipinski definition) is 2. The van der Waals surface area contributed by atoms with Gasteiger partial charge in [-0.05, 0) is 48.4 Å². The Morgan fingerprint density at radius 1 is 1.17 bits per heavy atom. The largest absolute Gasteiger partial charge is 0.416 e. The van der Waals surface area contributed by atoms with Crippen molar-refractivity contribution in [3.63, 3.8) is 0 Å². The Morgan fingerprint density at radius 3 is 2.30 bits per heavy atom. The Labute approximate surface area is 135 Å². The SMILES string of the molecule is Nc1c(CCO)cc(C(F)(F)F)cc1C(=O)c1ccc(Cl)cc1.